The van der Waals surface area contributed by atoms with Crippen LogP contribution in [0.25, 0.3) is 11.1 Å². The molecule has 5 nitrogen and oxygen atoms in total. The average molecular weight is 446 g/mol. The molecule has 146 valence electrons. The Morgan fingerprint density at radius 2 is 1.57 bits per heavy atom. The van der Waals surface area contributed by atoms with Crippen molar-refractivity contribution < 1.29 is 14.6 Å². The molecule has 28 heavy (non-hydrogen) atoms. The van der Waals surface area contributed by atoms with Gasteiger partial charge >= 0.3 is 0 Å². The lowest BCUT2D eigenvalue weighted by molar-refractivity contribution is 0.187. The van der Waals surface area contributed by atoms with Crippen LogP contribution in [-0.4, -0.2) is 45.9 Å². The van der Waals surface area contributed by atoms with Gasteiger partial charge in [0.1, 0.15) is 5.82 Å². The molecule has 1 saturated heterocycles. The highest BCUT2D eigenvalue weighted by molar-refractivity contribution is 9.10. The first-order valence-electron chi connectivity index (χ1n) is 9.12. The van der Waals surface area contributed by atoms with Gasteiger partial charge in [-0.2, -0.15) is 0 Å². The molecule has 0 unspecified atom stereocenters. The van der Waals surface area contributed by atoms with Crippen LogP contribution in [0.3, 0.4) is 0 Å². The van der Waals surface area contributed by atoms with Gasteiger partial charge in [0.2, 0.25) is 5.88 Å². The molecular formula is C21H21BrFN3O2. The first-order valence-corrected chi connectivity index (χ1v) is 9.91. The first-order chi connectivity index (χ1) is 13.5. The minimum atomic E-state index is -0.234. The third-order valence-corrected chi connectivity index (χ3v) is 5.81. The van der Waals surface area contributed by atoms with Gasteiger partial charge in [-0.25, -0.2) is 4.39 Å². The molecule has 0 aliphatic carbocycles. The molecule has 1 aliphatic heterocycles. The molecule has 1 aromatic heterocycles. The monoisotopic (exact) mass is 445 g/mol. The van der Waals surface area contributed by atoms with Crippen LogP contribution in [-0.2, 0) is 6.67 Å². The highest BCUT2D eigenvalue weighted by Crippen LogP contribution is 2.39. The SMILES string of the molecule is Oc1cc(-c2ccccc2Br)c(O)n1CN1CCN(c2ccc(F)cc2)CC1. The highest BCUT2D eigenvalue weighted by atomic mass is 79.9. The van der Waals surface area contributed by atoms with Gasteiger partial charge in [0.25, 0.3) is 0 Å². The summed E-state index contributed by atoms with van der Waals surface area (Å²) in [6, 6.07) is 15.7. The maximum absolute atomic E-state index is 13.1. The van der Waals surface area contributed by atoms with Gasteiger partial charge < -0.3 is 15.1 Å². The van der Waals surface area contributed by atoms with E-state index in [9.17, 15) is 14.6 Å². The number of rotatable bonds is 4. The van der Waals surface area contributed by atoms with Crippen molar-refractivity contribution in [1.82, 2.24) is 9.47 Å². The summed E-state index contributed by atoms with van der Waals surface area (Å²) < 4.78 is 15.5. The molecule has 0 radical (unpaired) electrons. The number of nitrogens with zero attached hydrogens (tertiary/aromatic N) is 3. The van der Waals surface area contributed by atoms with Gasteiger partial charge in [-0.05, 0) is 30.3 Å². The van der Waals surface area contributed by atoms with Gasteiger partial charge in [0.15, 0.2) is 5.88 Å². The van der Waals surface area contributed by atoms with E-state index in [1.54, 1.807) is 18.2 Å². The van der Waals surface area contributed by atoms with Crippen molar-refractivity contribution in [3.8, 4) is 22.9 Å². The van der Waals surface area contributed by atoms with E-state index in [1.165, 1.54) is 16.7 Å². The number of anilines is 1. The Hall–Kier alpha value is -2.51. The van der Waals surface area contributed by atoms with Gasteiger partial charge in [0, 0.05) is 53.5 Å². The molecule has 0 spiro atoms. The van der Waals surface area contributed by atoms with Crippen LogP contribution in [0.4, 0.5) is 10.1 Å². The molecule has 0 bridgehead atoms. The van der Waals surface area contributed by atoms with Crippen LogP contribution >= 0.6 is 15.9 Å². The predicted octanol–water partition coefficient (Wildman–Crippen LogP) is 4.25. The maximum atomic E-state index is 13.1. The average Bonchev–Trinajstić information content (AvgIpc) is 2.98. The van der Waals surface area contributed by atoms with Crippen LogP contribution in [0.15, 0.2) is 59.1 Å². The van der Waals surface area contributed by atoms with Crippen molar-refractivity contribution in [2.24, 2.45) is 0 Å². The van der Waals surface area contributed by atoms with Crippen LogP contribution in [0.2, 0.25) is 0 Å². The Morgan fingerprint density at radius 3 is 2.25 bits per heavy atom. The number of piperazine rings is 1. The normalized spacial score (nSPS) is 15.1. The van der Waals surface area contributed by atoms with E-state index in [4.69, 9.17) is 0 Å². The minimum Gasteiger partial charge on any atom is -0.494 e. The third kappa shape index (κ3) is 3.72. The van der Waals surface area contributed by atoms with E-state index in [-0.39, 0.29) is 17.6 Å². The molecule has 2 N–H and O–H groups in total. The Morgan fingerprint density at radius 1 is 0.893 bits per heavy atom. The lowest BCUT2D eigenvalue weighted by Gasteiger charge is -2.36. The minimum absolute atomic E-state index is 0.0317. The van der Waals surface area contributed by atoms with Crippen molar-refractivity contribution in [3.05, 3.63) is 64.9 Å². The Bertz CT molecular complexity index is 966. The fourth-order valence-corrected chi connectivity index (χ4v) is 4.04. The highest BCUT2D eigenvalue weighted by Gasteiger charge is 2.22. The summed E-state index contributed by atoms with van der Waals surface area (Å²) in [6.07, 6.45) is 0. The van der Waals surface area contributed by atoms with E-state index in [2.05, 4.69) is 25.7 Å². The quantitative estimate of drug-likeness (QED) is 0.630. The van der Waals surface area contributed by atoms with E-state index in [0.717, 1.165) is 41.9 Å². The lowest BCUT2D eigenvalue weighted by atomic mass is 10.1. The fourth-order valence-electron chi connectivity index (χ4n) is 3.54. The standard InChI is InChI=1S/C21H21BrFN3O2/c22-19-4-2-1-3-17(19)18-13-20(27)26(21(18)28)14-24-9-11-25(12-10-24)16-7-5-15(23)6-8-16/h1-8,13,27-28H,9-12,14H2. The van der Waals surface area contributed by atoms with Crippen molar-refractivity contribution in [3.63, 3.8) is 0 Å². The summed E-state index contributed by atoms with van der Waals surface area (Å²) in [5.41, 5.74) is 2.43. The van der Waals surface area contributed by atoms with E-state index in [0.29, 0.717) is 12.2 Å². The van der Waals surface area contributed by atoms with E-state index in [1.807, 2.05) is 24.3 Å². The number of hydrogen-bond acceptors (Lipinski definition) is 4. The van der Waals surface area contributed by atoms with Gasteiger partial charge in [0.05, 0.1) is 6.67 Å². The smallest absolute Gasteiger partial charge is 0.203 e. The summed E-state index contributed by atoms with van der Waals surface area (Å²) in [6.45, 7) is 3.55. The first kappa shape index (κ1) is 18.8. The number of aromatic hydroxyl groups is 2. The van der Waals surface area contributed by atoms with Crippen molar-refractivity contribution in [2.75, 3.05) is 31.1 Å². The van der Waals surface area contributed by atoms with Crippen molar-refractivity contribution in [1.29, 1.82) is 0 Å². The molecule has 0 atom stereocenters. The molecular weight excluding hydrogens is 425 g/mol. The van der Waals surface area contributed by atoms with Crippen LogP contribution in [0.1, 0.15) is 0 Å². The Kier molecular flexibility index (Phi) is 5.28. The molecule has 4 rings (SSSR count). The second-order valence-electron chi connectivity index (χ2n) is 6.87. The lowest BCUT2D eigenvalue weighted by Crippen LogP contribution is -2.46. The molecule has 3 aromatic rings. The second kappa shape index (κ2) is 7.85. The molecule has 0 amide bonds. The third-order valence-electron chi connectivity index (χ3n) is 5.12. The van der Waals surface area contributed by atoms with Gasteiger partial charge in [-0.3, -0.25) is 9.47 Å². The molecule has 0 saturated carbocycles. The zero-order valence-corrected chi connectivity index (χ0v) is 16.8. The van der Waals surface area contributed by atoms with Crippen molar-refractivity contribution in [2.45, 2.75) is 6.67 Å². The summed E-state index contributed by atoms with van der Waals surface area (Å²) in [5, 5.41) is 21.0. The molecule has 1 fully saturated rings. The Labute approximate surface area is 171 Å². The second-order valence-corrected chi connectivity index (χ2v) is 7.72. The summed E-state index contributed by atoms with van der Waals surface area (Å²) in [5.74, 6) is -0.156. The van der Waals surface area contributed by atoms with Gasteiger partial charge in [-0.15, -0.1) is 0 Å². The van der Waals surface area contributed by atoms with Crippen LogP contribution in [0, 0.1) is 5.82 Å². The van der Waals surface area contributed by atoms with Crippen LogP contribution < -0.4 is 4.90 Å². The van der Waals surface area contributed by atoms with Crippen LogP contribution in [0.5, 0.6) is 11.8 Å². The maximum Gasteiger partial charge on any atom is 0.203 e. The summed E-state index contributed by atoms with van der Waals surface area (Å²) in [7, 11) is 0. The number of aromatic nitrogens is 1. The summed E-state index contributed by atoms with van der Waals surface area (Å²) >= 11 is 3.49. The fraction of sp³-hybridized carbons (Fsp3) is 0.238. The predicted molar refractivity (Wildman–Crippen MR) is 111 cm³/mol. The number of hydrogen-bond donors (Lipinski definition) is 2. The molecule has 7 heteroatoms. The molecule has 2 heterocycles. The number of halogens is 2. The molecule has 1 aliphatic rings. The zero-order chi connectivity index (χ0) is 19.7. The van der Waals surface area contributed by atoms with E-state index < -0.39 is 0 Å². The molecule has 2 aromatic carbocycles. The zero-order valence-electron chi connectivity index (χ0n) is 15.2. The van der Waals surface area contributed by atoms with Gasteiger partial charge in [-0.1, -0.05) is 34.1 Å². The number of benzene rings is 2. The largest absolute Gasteiger partial charge is 0.494 e. The van der Waals surface area contributed by atoms with E-state index >= 15 is 0 Å². The van der Waals surface area contributed by atoms with Crippen molar-refractivity contribution >= 4 is 21.6 Å². The topological polar surface area (TPSA) is 51.9 Å². The summed E-state index contributed by atoms with van der Waals surface area (Å²) in [4.78, 5) is 4.38. The Balaban J connectivity index is 1.46.